The number of carbonyl (C=O) groups excluding carboxylic acids is 1. The Balaban J connectivity index is 2.09. The quantitative estimate of drug-likeness (QED) is 0.653. The maximum Gasteiger partial charge on any atom is 0.422 e. The van der Waals surface area contributed by atoms with E-state index < -0.39 is 43.1 Å². The van der Waals surface area contributed by atoms with Crippen molar-refractivity contribution in [2.45, 2.75) is 25.3 Å². The van der Waals surface area contributed by atoms with Crippen LogP contribution in [0.15, 0.2) is 18.2 Å². The predicted octanol–water partition coefficient (Wildman–Crippen LogP) is 4.44. The highest BCUT2D eigenvalue weighted by atomic mass is 32.2. The average molecular weight is 432 g/mol. The smallest absolute Gasteiger partial charge is 0.422 e. The second-order valence-electron chi connectivity index (χ2n) is 6.22. The zero-order valence-electron chi connectivity index (χ0n) is 14.6. The van der Waals surface area contributed by atoms with Crippen molar-refractivity contribution < 1.29 is 40.6 Å². The monoisotopic (exact) mass is 432 g/mol. The molecule has 1 aliphatic heterocycles. The number of ether oxygens (including phenoxy) is 2. The summed E-state index contributed by atoms with van der Waals surface area (Å²) in [6.45, 7) is -1.32. The van der Waals surface area contributed by atoms with Gasteiger partial charge in [-0.3, -0.25) is 0 Å². The van der Waals surface area contributed by atoms with Crippen LogP contribution in [-0.4, -0.2) is 49.1 Å². The lowest BCUT2D eigenvalue weighted by Gasteiger charge is -2.18. The molecule has 0 bridgehead atoms. The van der Waals surface area contributed by atoms with Gasteiger partial charge in [-0.2, -0.15) is 38.1 Å². The Morgan fingerprint density at radius 1 is 1.04 bits per heavy atom. The van der Waals surface area contributed by atoms with Crippen LogP contribution in [0.4, 0.5) is 36.8 Å². The molecule has 1 aromatic carbocycles. The highest BCUT2D eigenvalue weighted by molar-refractivity contribution is 7.99. The van der Waals surface area contributed by atoms with Gasteiger partial charge in [-0.25, -0.2) is 4.79 Å². The molecule has 1 aromatic rings. The van der Waals surface area contributed by atoms with Crippen molar-refractivity contribution in [3.8, 4) is 11.5 Å². The SMILES string of the molecule is CC1CSCC1NC(=O)Nc1cc(OCC(F)(F)F)cc(OCC(F)(F)F)c1. The lowest BCUT2D eigenvalue weighted by Crippen LogP contribution is -2.41. The summed E-state index contributed by atoms with van der Waals surface area (Å²) in [6.07, 6.45) is -9.27. The number of thioether (sulfide) groups is 1. The van der Waals surface area contributed by atoms with Gasteiger partial charge >= 0.3 is 18.4 Å². The van der Waals surface area contributed by atoms with Gasteiger partial charge in [0.05, 0.1) is 0 Å². The molecule has 2 rings (SSSR count). The van der Waals surface area contributed by atoms with Crippen molar-refractivity contribution in [1.29, 1.82) is 0 Å². The minimum atomic E-state index is -4.63. The van der Waals surface area contributed by atoms with E-state index in [0.29, 0.717) is 5.75 Å². The second kappa shape index (κ2) is 9.01. The summed E-state index contributed by atoms with van der Waals surface area (Å²) >= 11 is 1.67. The molecule has 0 radical (unpaired) electrons. The first-order valence-corrected chi connectivity index (χ1v) is 9.26. The fraction of sp³-hybridized carbons (Fsp3) is 0.562. The van der Waals surface area contributed by atoms with Gasteiger partial charge < -0.3 is 20.1 Å². The minimum absolute atomic E-state index is 0.0624. The van der Waals surface area contributed by atoms with Crippen LogP contribution in [0.1, 0.15) is 6.92 Å². The first-order valence-electron chi connectivity index (χ1n) is 8.11. The summed E-state index contributed by atoms with van der Waals surface area (Å²) in [7, 11) is 0. The van der Waals surface area contributed by atoms with Crippen molar-refractivity contribution in [1.82, 2.24) is 5.32 Å². The van der Waals surface area contributed by atoms with Crippen LogP contribution in [0.25, 0.3) is 0 Å². The second-order valence-corrected chi connectivity index (χ2v) is 7.30. The molecule has 1 aliphatic rings. The van der Waals surface area contributed by atoms with E-state index in [4.69, 9.17) is 0 Å². The molecule has 0 aromatic heterocycles. The van der Waals surface area contributed by atoms with Gasteiger partial charge in [0.15, 0.2) is 13.2 Å². The molecule has 12 heteroatoms. The number of hydrogen-bond acceptors (Lipinski definition) is 4. The Hall–Kier alpha value is -1.98. The number of carbonyl (C=O) groups is 1. The summed E-state index contributed by atoms with van der Waals surface area (Å²) < 4.78 is 83.1. The Bertz CT molecular complexity index is 647. The molecule has 158 valence electrons. The maximum atomic E-state index is 12.3. The van der Waals surface area contributed by atoms with Crippen molar-refractivity contribution >= 4 is 23.5 Å². The number of alkyl halides is 6. The van der Waals surface area contributed by atoms with Gasteiger partial charge in [0, 0.05) is 35.7 Å². The number of nitrogens with one attached hydrogen (secondary N) is 2. The predicted molar refractivity (Wildman–Crippen MR) is 92.0 cm³/mol. The lowest BCUT2D eigenvalue weighted by molar-refractivity contribution is -0.153. The van der Waals surface area contributed by atoms with Gasteiger partial charge in [0.1, 0.15) is 11.5 Å². The lowest BCUT2D eigenvalue weighted by atomic mass is 10.1. The van der Waals surface area contributed by atoms with Crippen molar-refractivity contribution in [3.63, 3.8) is 0 Å². The van der Waals surface area contributed by atoms with Crippen LogP contribution >= 0.6 is 11.8 Å². The number of urea groups is 1. The molecule has 1 saturated heterocycles. The molecule has 0 aliphatic carbocycles. The van der Waals surface area contributed by atoms with E-state index in [1.165, 1.54) is 0 Å². The molecular formula is C16H18F6N2O3S. The summed E-state index contributed by atoms with van der Waals surface area (Å²) in [5.41, 5.74) is -0.0624. The number of amides is 2. The van der Waals surface area contributed by atoms with Gasteiger partial charge in [-0.15, -0.1) is 0 Å². The Morgan fingerprint density at radius 2 is 1.57 bits per heavy atom. The first-order chi connectivity index (χ1) is 12.9. The van der Waals surface area contributed by atoms with Gasteiger partial charge in [-0.1, -0.05) is 6.92 Å². The van der Waals surface area contributed by atoms with Gasteiger partial charge in [-0.05, 0) is 11.7 Å². The van der Waals surface area contributed by atoms with E-state index >= 15 is 0 Å². The highest BCUT2D eigenvalue weighted by Crippen LogP contribution is 2.29. The van der Waals surface area contributed by atoms with Crippen LogP contribution in [0, 0.1) is 5.92 Å². The van der Waals surface area contributed by atoms with E-state index in [0.717, 1.165) is 24.0 Å². The number of rotatable bonds is 6. The zero-order valence-corrected chi connectivity index (χ0v) is 15.4. The van der Waals surface area contributed by atoms with Crippen LogP contribution in [-0.2, 0) is 0 Å². The summed E-state index contributed by atoms with van der Waals surface area (Å²) in [4.78, 5) is 12.1. The van der Waals surface area contributed by atoms with Crippen LogP contribution in [0.2, 0.25) is 0 Å². The first kappa shape index (κ1) is 22.3. The van der Waals surface area contributed by atoms with Crippen molar-refractivity contribution in [2.24, 2.45) is 5.92 Å². The van der Waals surface area contributed by atoms with Crippen molar-refractivity contribution in [3.05, 3.63) is 18.2 Å². The number of anilines is 1. The topological polar surface area (TPSA) is 59.6 Å². The molecule has 28 heavy (non-hydrogen) atoms. The fourth-order valence-electron chi connectivity index (χ4n) is 2.32. The molecule has 1 fully saturated rings. The van der Waals surface area contributed by atoms with E-state index in [9.17, 15) is 31.1 Å². The molecule has 0 spiro atoms. The standard InChI is InChI=1S/C16H18F6N2O3S/c1-9-5-28-6-13(9)24-14(25)23-10-2-11(26-7-15(17,18)19)4-12(3-10)27-8-16(20,21)22/h2-4,9,13H,5-8H2,1H3,(H2,23,24,25). The average Bonchev–Trinajstić information content (AvgIpc) is 2.94. The van der Waals surface area contributed by atoms with E-state index in [1.54, 1.807) is 11.8 Å². The van der Waals surface area contributed by atoms with Crippen molar-refractivity contribution in [2.75, 3.05) is 30.0 Å². The minimum Gasteiger partial charge on any atom is -0.484 e. The number of benzene rings is 1. The van der Waals surface area contributed by atoms with Crippen LogP contribution in [0.3, 0.4) is 0 Å². The molecule has 2 amide bonds. The fourth-order valence-corrected chi connectivity index (χ4v) is 3.73. The van der Waals surface area contributed by atoms with E-state index in [1.807, 2.05) is 6.92 Å². The highest BCUT2D eigenvalue weighted by Gasteiger charge is 2.30. The molecule has 2 N–H and O–H groups in total. The number of halogens is 6. The summed E-state index contributed by atoms with van der Waals surface area (Å²) in [5.74, 6) is 1.04. The van der Waals surface area contributed by atoms with E-state index in [2.05, 4.69) is 20.1 Å². The Morgan fingerprint density at radius 3 is 2.00 bits per heavy atom. The third-order valence-corrected chi connectivity index (χ3v) is 4.98. The molecule has 0 saturated carbocycles. The van der Waals surface area contributed by atoms with Crippen LogP contribution < -0.4 is 20.1 Å². The molecule has 2 atom stereocenters. The molecule has 5 nitrogen and oxygen atoms in total. The largest absolute Gasteiger partial charge is 0.484 e. The molecular weight excluding hydrogens is 414 g/mol. The maximum absolute atomic E-state index is 12.3. The summed E-state index contributed by atoms with van der Waals surface area (Å²) in [5, 5.41) is 5.10. The molecule has 2 unspecified atom stereocenters. The number of hydrogen-bond donors (Lipinski definition) is 2. The Kier molecular flexibility index (Phi) is 7.18. The van der Waals surface area contributed by atoms with Gasteiger partial charge in [0.25, 0.3) is 0 Å². The summed E-state index contributed by atoms with van der Waals surface area (Å²) in [6, 6.07) is 2.30. The third-order valence-electron chi connectivity index (χ3n) is 3.62. The van der Waals surface area contributed by atoms with E-state index in [-0.39, 0.29) is 17.6 Å². The van der Waals surface area contributed by atoms with Crippen LogP contribution in [0.5, 0.6) is 11.5 Å². The third kappa shape index (κ3) is 7.95. The normalized spacial score (nSPS) is 20.0. The Labute approximate surface area is 161 Å². The molecule has 1 heterocycles. The van der Waals surface area contributed by atoms with Gasteiger partial charge in [0.2, 0.25) is 0 Å². The zero-order chi connectivity index (χ0) is 20.9.